The van der Waals surface area contributed by atoms with Gasteiger partial charge in [0.05, 0.1) is 12.1 Å². The highest BCUT2D eigenvalue weighted by molar-refractivity contribution is 7.80. The molecule has 1 aromatic heterocycles. The zero-order valence-electron chi connectivity index (χ0n) is 36.5. The van der Waals surface area contributed by atoms with E-state index in [-0.39, 0.29) is 42.9 Å². The number of aromatic hydroxyl groups is 1. The molecule has 0 saturated heterocycles. The molecule has 3 aromatic carbocycles. The fraction of sp³-hybridized carbons (Fsp3) is 0.413. The van der Waals surface area contributed by atoms with E-state index in [1.807, 2.05) is 54.6 Å². The lowest BCUT2D eigenvalue weighted by Gasteiger charge is -2.28. The van der Waals surface area contributed by atoms with Crippen molar-refractivity contribution in [2.45, 2.75) is 94.7 Å². The van der Waals surface area contributed by atoms with Gasteiger partial charge in [0.25, 0.3) is 0 Å². The number of phenolic OH excluding ortho intramolecular Hbond substituents is 1. The van der Waals surface area contributed by atoms with Crippen LogP contribution < -0.4 is 43.4 Å². The molecular formula is C46H61N9O8S2. The number of nitrogens with one attached hydrogen (secondary N) is 7. The molecule has 0 unspecified atom stereocenters. The standard InChI is InChI=1S/C46H61N9O8S2/c1-27(2)40(46(63)50-31(24-56)25-64)55-42(59)36(14-8-9-19-47)51-44(61)38(22-30-23-49-35-13-7-6-12-33(30)35)53-43(60)37(21-29-15-17-32(57)18-16-29)52-45(62)39(26-65)54-41(58)34(48)20-28-10-4-3-5-11-28/h3-7,10-13,15-18,23-24,27,31,34,36-40,49,57,64-65H,8-9,14,19-22,25-26,47-48H2,1-2H3,(H,50,63)(H,51,61)(H,52,62)(H,53,60)(H,54,58)(H,55,59)/t31-,34-,36+,37+,38-,39+,40+/m1/s1. The summed E-state index contributed by atoms with van der Waals surface area (Å²) in [6, 6.07) is 14.5. The van der Waals surface area contributed by atoms with Gasteiger partial charge in [0.2, 0.25) is 35.4 Å². The maximum atomic E-state index is 14.5. The Morgan fingerprint density at radius 1 is 0.646 bits per heavy atom. The van der Waals surface area contributed by atoms with Crippen LogP contribution in [0.3, 0.4) is 0 Å². The lowest BCUT2D eigenvalue weighted by Crippen LogP contribution is -2.61. The molecule has 4 rings (SSSR count). The number of aldehydes is 1. The van der Waals surface area contributed by atoms with Crippen molar-refractivity contribution in [3.63, 3.8) is 0 Å². The maximum absolute atomic E-state index is 14.5. The van der Waals surface area contributed by atoms with Gasteiger partial charge in [0.15, 0.2) is 0 Å². The van der Waals surface area contributed by atoms with Crippen LogP contribution in [-0.2, 0) is 52.8 Å². The molecule has 4 aromatic rings. The van der Waals surface area contributed by atoms with Gasteiger partial charge < -0.3 is 58.3 Å². The van der Waals surface area contributed by atoms with E-state index in [4.69, 9.17) is 11.5 Å². The third kappa shape index (κ3) is 15.9. The number of rotatable bonds is 26. The lowest BCUT2D eigenvalue weighted by molar-refractivity contribution is -0.135. The Hall–Kier alpha value is -5.89. The second kappa shape index (κ2) is 26.2. The molecule has 0 saturated carbocycles. The number of nitrogens with two attached hydrogens (primary N) is 2. The number of fused-ring (bicyclic) bond motifs is 1. The molecule has 19 heteroatoms. The van der Waals surface area contributed by atoms with Crippen LogP contribution in [0.15, 0.2) is 85.1 Å². The van der Waals surface area contributed by atoms with Crippen molar-refractivity contribution in [1.29, 1.82) is 0 Å². The van der Waals surface area contributed by atoms with E-state index in [1.165, 1.54) is 12.1 Å². The first-order valence-electron chi connectivity index (χ1n) is 21.5. The van der Waals surface area contributed by atoms with Gasteiger partial charge >= 0.3 is 0 Å². The number of benzene rings is 3. The normalized spacial score (nSPS) is 14.4. The molecule has 0 aliphatic carbocycles. The van der Waals surface area contributed by atoms with Crippen molar-refractivity contribution >= 4 is 77.9 Å². The molecule has 0 spiro atoms. The molecule has 65 heavy (non-hydrogen) atoms. The number of carbonyl (C=O) groups is 7. The fourth-order valence-corrected chi connectivity index (χ4v) is 7.44. The predicted molar refractivity (Wildman–Crippen MR) is 255 cm³/mol. The largest absolute Gasteiger partial charge is 0.508 e. The van der Waals surface area contributed by atoms with Crippen LogP contribution in [0.5, 0.6) is 5.75 Å². The second-order valence-electron chi connectivity index (χ2n) is 16.1. The van der Waals surface area contributed by atoms with Crippen molar-refractivity contribution < 1.29 is 38.7 Å². The Morgan fingerprint density at radius 2 is 1.22 bits per heavy atom. The van der Waals surface area contributed by atoms with Crippen molar-refractivity contribution in [2.24, 2.45) is 17.4 Å². The first-order valence-corrected chi connectivity index (χ1v) is 22.8. The van der Waals surface area contributed by atoms with Gasteiger partial charge in [-0.1, -0.05) is 74.5 Å². The van der Waals surface area contributed by atoms with Gasteiger partial charge in [-0.05, 0) is 73.0 Å². The summed E-state index contributed by atoms with van der Waals surface area (Å²) in [4.78, 5) is 97.9. The Bertz CT molecular complexity index is 2210. The maximum Gasteiger partial charge on any atom is 0.244 e. The molecule has 1 heterocycles. The van der Waals surface area contributed by atoms with Gasteiger partial charge in [-0.15, -0.1) is 0 Å². The summed E-state index contributed by atoms with van der Waals surface area (Å²) >= 11 is 8.41. The van der Waals surface area contributed by atoms with Crippen LogP contribution in [0.2, 0.25) is 0 Å². The minimum atomic E-state index is -1.33. The van der Waals surface area contributed by atoms with Gasteiger partial charge in [-0.3, -0.25) is 28.8 Å². The topological polar surface area (TPSA) is 280 Å². The van der Waals surface area contributed by atoms with Gasteiger partial charge in [-0.25, -0.2) is 0 Å². The Kier molecular flexibility index (Phi) is 20.8. The number of H-pyrrole nitrogens is 1. The van der Waals surface area contributed by atoms with E-state index in [1.54, 1.807) is 32.2 Å². The monoisotopic (exact) mass is 931 g/mol. The summed E-state index contributed by atoms with van der Waals surface area (Å²) in [5.74, 6) is -4.67. The number of hydrogen-bond acceptors (Lipinski definition) is 12. The summed E-state index contributed by atoms with van der Waals surface area (Å²) in [6.07, 6.45) is 3.41. The van der Waals surface area contributed by atoms with Crippen molar-refractivity contribution in [3.05, 3.63) is 102 Å². The van der Waals surface area contributed by atoms with Gasteiger partial charge in [0.1, 0.15) is 42.2 Å². The van der Waals surface area contributed by atoms with E-state index in [2.05, 4.69) is 62.1 Å². The van der Waals surface area contributed by atoms with Crippen LogP contribution in [-0.4, -0.2) is 112 Å². The van der Waals surface area contributed by atoms with E-state index >= 15 is 0 Å². The third-order valence-electron chi connectivity index (χ3n) is 10.7. The number of para-hydroxylation sites is 1. The quantitative estimate of drug-likeness (QED) is 0.0241. The molecule has 7 atom stereocenters. The van der Waals surface area contributed by atoms with E-state index in [0.717, 1.165) is 16.5 Å². The summed E-state index contributed by atoms with van der Waals surface area (Å²) in [7, 11) is 0. The zero-order chi connectivity index (χ0) is 47.5. The summed E-state index contributed by atoms with van der Waals surface area (Å²) < 4.78 is 0. The summed E-state index contributed by atoms with van der Waals surface area (Å²) in [5, 5.41) is 27.0. The van der Waals surface area contributed by atoms with E-state index in [9.17, 15) is 38.7 Å². The SMILES string of the molecule is CC(C)[C@H](NC(=O)[C@H](CCCCN)NC(=O)[C@@H](Cc1c[nH]c2ccccc12)NC(=O)[C@H](Cc1ccc(O)cc1)NC(=O)[C@H](CS)NC(=O)[C@H](N)Cc1ccccc1)C(=O)N[C@H](C=O)CS. The Labute approximate surface area is 389 Å². The number of carbonyl (C=O) groups excluding carboxylic acids is 7. The number of hydrogen-bond donors (Lipinski definition) is 12. The third-order valence-corrected chi connectivity index (χ3v) is 11.5. The smallest absolute Gasteiger partial charge is 0.244 e. The van der Waals surface area contributed by atoms with E-state index < -0.39 is 83.7 Å². The van der Waals surface area contributed by atoms with E-state index in [0.29, 0.717) is 36.8 Å². The number of unbranched alkanes of at least 4 members (excludes halogenated alkanes) is 1. The highest BCUT2D eigenvalue weighted by atomic mass is 32.1. The predicted octanol–water partition coefficient (Wildman–Crippen LogP) is 0.981. The Morgan fingerprint density at radius 3 is 1.83 bits per heavy atom. The molecule has 12 N–H and O–H groups in total. The minimum Gasteiger partial charge on any atom is -0.508 e. The highest BCUT2D eigenvalue weighted by Crippen LogP contribution is 2.20. The molecule has 0 radical (unpaired) electrons. The summed E-state index contributed by atoms with van der Waals surface area (Å²) in [5.41, 5.74) is 14.8. The molecule has 6 amide bonds. The number of aromatic nitrogens is 1. The average molecular weight is 932 g/mol. The lowest BCUT2D eigenvalue weighted by atomic mass is 10.00. The first-order chi connectivity index (χ1) is 31.2. The Balaban J connectivity index is 1.63. The number of aromatic amines is 1. The van der Waals surface area contributed by atoms with Crippen LogP contribution in [0.25, 0.3) is 10.9 Å². The molecule has 0 fully saturated rings. The second-order valence-corrected chi connectivity index (χ2v) is 16.8. The number of thiol groups is 2. The first kappa shape index (κ1) is 51.7. The molecule has 17 nitrogen and oxygen atoms in total. The summed E-state index contributed by atoms with van der Waals surface area (Å²) in [6.45, 7) is 3.76. The average Bonchev–Trinajstić information content (AvgIpc) is 3.71. The molecule has 0 aliphatic rings. The zero-order valence-corrected chi connectivity index (χ0v) is 38.3. The van der Waals surface area contributed by atoms with Gasteiger partial charge in [0, 0.05) is 41.4 Å². The molecule has 350 valence electrons. The number of phenols is 1. The highest BCUT2D eigenvalue weighted by Gasteiger charge is 2.34. The minimum absolute atomic E-state index is 0.0211. The van der Waals surface area contributed by atoms with Crippen LogP contribution >= 0.6 is 25.3 Å². The van der Waals surface area contributed by atoms with Crippen LogP contribution in [0.4, 0.5) is 0 Å². The van der Waals surface area contributed by atoms with Crippen molar-refractivity contribution in [3.8, 4) is 5.75 Å². The van der Waals surface area contributed by atoms with Crippen molar-refractivity contribution in [2.75, 3.05) is 18.1 Å². The van der Waals surface area contributed by atoms with Gasteiger partial charge in [-0.2, -0.15) is 25.3 Å². The van der Waals surface area contributed by atoms with Crippen molar-refractivity contribution in [1.82, 2.24) is 36.9 Å². The number of amides is 6. The fourth-order valence-electron chi connectivity index (χ4n) is 7.00. The molecular weight excluding hydrogens is 871 g/mol. The molecule has 0 bridgehead atoms. The molecule has 0 aliphatic heterocycles. The van der Waals surface area contributed by atoms with Crippen LogP contribution in [0, 0.1) is 5.92 Å². The van der Waals surface area contributed by atoms with Crippen LogP contribution in [0.1, 0.15) is 49.8 Å².